The molecule has 5 nitrogen and oxygen atoms in total. The molecule has 0 spiro atoms. The number of nitrogens with two attached hydrogens (primary N) is 1. The van der Waals surface area contributed by atoms with Crippen LogP contribution in [0.15, 0.2) is 47.8 Å². The number of nitrogens with zero attached hydrogens (tertiary/aromatic N) is 3. The monoisotopic (exact) mass is 415 g/mol. The Morgan fingerprint density at radius 3 is 2.79 bits per heavy atom. The molecule has 1 atom stereocenters. The van der Waals surface area contributed by atoms with Crippen molar-refractivity contribution in [1.82, 2.24) is 20.1 Å². The van der Waals surface area contributed by atoms with Gasteiger partial charge in [-0.15, -0.1) is 11.8 Å². The van der Waals surface area contributed by atoms with Crippen molar-refractivity contribution < 1.29 is 8.78 Å². The number of hydrogen-bond acceptors (Lipinski definition) is 5. The lowest BCUT2D eigenvalue weighted by Gasteiger charge is -2.22. The molecule has 2 aromatic heterocycles. The van der Waals surface area contributed by atoms with E-state index in [0.29, 0.717) is 17.4 Å². The SMILES string of the molecule is CC(Sc1cc(-c2cnn(C3CCNCC3)c2)cnc1N)c1cccc(F)c1F. The molecule has 29 heavy (non-hydrogen) atoms. The zero-order valence-electron chi connectivity index (χ0n) is 16.1. The van der Waals surface area contributed by atoms with Gasteiger partial charge in [-0.2, -0.15) is 5.10 Å². The second-order valence-electron chi connectivity index (χ2n) is 7.20. The van der Waals surface area contributed by atoms with Crippen LogP contribution in [0, 0.1) is 11.6 Å². The summed E-state index contributed by atoms with van der Waals surface area (Å²) >= 11 is 1.36. The van der Waals surface area contributed by atoms with E-state index in [1.807, 2.05) is 30.1 Å². The lowest BCUT2D eigenvalue weighted by Crippen LogP contribution is -2.29. The normalized spacial score (nSPS) is 16.1. The summed E-state index contributed by atoms with van der Waals surface area (Å²) in [7, 11) is 0. The predicted octanol–water partition coefficient (Wildman–Crippen LogP) is 4.58. The van der Waals surface area contributed by atoms with Gasteiger partial charge in [0, 0.05) is 34.3 Å². The maximum Gasteiger partial charge on any atom is 0.163 e. The van der Waals surface area contributed by atoms with E-state index in [9.17, 15) is 8.78 Å². The second-order valence-corrected chi connectivity index (χ2v) is 8.58. The van der Waals surface area contributed by atoms with Crippen molar-refractivity contribution in [2.75, 3.05) is 18.8 Å². The summed E-state index contributed by atoms with van der Waals surface area (Å²) in [4.78, 5) is 5.04. The number of aromatic nitrogens is 3. The van der Waals surface area contributed by atoms with E-state index in [0.717, 1.165) is 48.0 Å². The molecule has 1 aromatic carbocycles. The number of pyridine rings is 1. The minimum atomic E-state index is -0.847. The zero-order chi connectivity index (χ0) is 20.4. The van der Waals surface area contributed by atoms with Gasteiger partial charge < -0.3 is 11.1 Å². The fourth-order valence-electron chi connectivity index (χ4n) is 3.55. The predicted molar refractivity (Wildman–Crippen MR) is 112 cm³/mol. The average Bonchev–Trinajstić information content (AvgIpc) is 3.22. The third-order valence-corrected chi connectivity index (χ3v) is 6.41. The number of nitrogens with one attached hydrogen (secondary N) is 1. The van der Waals surface area contributed by atoms with E-state index in [4.69, 9.17) is 5.73 Å². The molecule has 4 rings (SSSR count). The van der Waals surface area contributed by atoms with Gasteiger partial charge >= 0.3 is 0 Å². The molecule has 1 aliphatic rings. The van der Waals surface area contributed by atoms with Gasteiger partial charge in [0.1, 0.15) is 5.82 Å². The second kappa shape index (κ2) is 8.51. The van der Waals surface area contributed by atoms with Gasteiger partial charge in [0.25, 0.3) is 0 Å². The first-order valence-electron chi connectivity index (χ1n) is 9.64. The zero-order valence-corrected chi connectivity index (χ0v) is 16.9. The van der Waals surface area contributed by atoms with E-state index >= 15 is 0 Å². The largest absolute Gasteiger partial charge is 0.383 e. The van der Waals surface area contributed by atoms with Gasteiger partial charge in [-0.3, -0.25) is 4.68 Å². The molecule has 0 bridgehead atoms. The first kappa shape index (κ1) is 19.8. The molecule has 0 saturated carbocycles. The van der Waals surface area contributed by atoms with Crippen LogP contribution in [0.5, 0.6) is 0 Å². The topological polar surface area (TPSA) is 68.8 Å². The van der Waals surface area contributed by atoms with Crippen LogP contribution >= 0.6 is 11.8 Å². The first-order chi connectivity index (χ1) is 14.0. The summed E-state index contributed by atoms with van der Waals surface area (Å²) in [6.45, 7) is 3.82. The third-order valence-electron chi connectivity index (χ3n) is 5.22. The number of thioether (sulfide) groups is 1. The Labute approximate surface area is 172 Å². The Balaban J connectivity index is 1.56. The number of hydrogen-bond donors (Lipinski definition) is 2. The highest BCUT2D eigenvalue weighted by Gasteiger charge is 2.19. The summed E-state index contributed by atoms with van der Waals surface area (Å²) in [6.07, 6.45) is 7.70. The van der Waals surface area contributed by atoms with Gasteiger partial charge in [0.05, 0.1) is 17.1 Å². The van der Waals surface area contributed by atoms with Crippen molar-refractivity contribution >= 4 is 17.6 Å². The highest BCUT2D eigenvalue weighted by atomic mass is 32.2. The minimum absolute atomic E-state index is 0.304. The highest BCUT2D eigenvalue weighted by Crippen LogP contribution is 2.40. The Bertz CT molecular complexity index is 1000. The van der Waals surface area contributed by atoms with Crippen molar-refractivity contribution in [1.29, 1.82) is 0 Å². The molecule has 0 radical (unpaired) electrons. The van der Waals surface area contributed by atoms with Gasteiger partial charge in [0.15, 0.2) is 11.6 Å². The molecular formula is C21H23F2N5S. The molecule has 3 aromatic rings. The van der Waals surface area contributed by atoms with Crippen molar-refractivity contribution in [3.8, 4) is 11.1 Å². The van der Waals surface area contributed by atoms with Crippen molar-refractivity contribution in [3.05, 3.63) is 60.1 Å². The lowest BCUT2D eigenvalue weighted by molar-refractivity contribution is 0.343. The fourth-order valence-corrected chi connectivity index (χ4v) is 4.61. The molecule has 1 aliphatic heterocycles. The molecule has 152 valence electrons. The number of anilines is 1. The molecule has 3 N–H and O–H groups in total. The quantitative estimate of drug-likeness (QED) is 0.597. The van der Waals surface area contributed by atoms with Crippen LogP contribution in [-0.4, -0.2) is 27.9 Å². The van der Waals surface area contributed by atoms with Crippen LogP contribution in [0.3, 0.4) is 0 Å². The molecule has 1 unspecified atom stereocenters. The average molecular weight is 416 g/mol. The third kappa shape index (κ3) is 4.28. The molecule has 1 fully saturated rings. The van der Waals surface area contributed by atoms with Crippen LogP contribution < -0.4 is 11.1 Å². The summed E-state index contributed by atoms with van der Waals surface area (Å²) in [5.41, 5.74) is 8.22. The minimum Gasteiger partial charge on any atom is -0.383 e. The fraction of sp³-hybridized carbons (Fsp3) is 0.333. The highest BCUT2D eigenvalue weighted by molar-refractivity contribution is 7.99. The number of piperidine rings is 1. The summed E-state index contributed by atoms with van der Waals surface area (Å²) in [5.74, 6) is -1.30. The molecule has 0 aliphatic carbocycles. The smallest absolute Gasteiger partial charge is 0.163 e. The van der Waals surface area contributed by atoms with Gasteiger partial charge in [-0.1, -0.05) is 12.1 Å². The van der Waals surface area contributed by atoms with Gasteiger partial charge in [-0.25, -0.2) is 13.8 Å². The number of halogens is 2. The van der Waals surface area contributed by atoms with E-state index in [2.05, 4.69) is 15.4 Å². The number of rotatable bonds is 5. The summed E-state index contributed by atoms with van der Waals surface area (Å²) in [5, 5.41) is 7.57. The van der Waals surface area contributed by atoms with Gasteiger partial charge in [-0.05, 0) is 45.0 Å². The van der Waals surface area contributed by atoms with Crippen LogP contribution in [-0.2, 0) is 0 Å². The van der Waals surface area contributed by atoms with E-state index < -0.39 is 11.6 Å². The van der Waals surface area contributed by atoms with Crippen molar-refractivity contribution in [3.63, 3.8) is 0 Å². The van der Waals surface area contributed by atoms with Crippen LogP contribution in [0.2, 0.25) is 0 Å². The molecule has 0 amide bonds. The lowest BCUT2D eigenvalue weighted by atomic mass is 10.1. The van der Waals surface area contributed by atoms with E-state index in [1.165, 1.54) is 17.8 Å². The maximum atomic E-state index is 14.1. The Hall–Kier alpha value is -2.45. The van der Waals surface area contributed by atoms with Crippen LogP contribution in [0.25, 0.3) is 11.1 Å². The molecular weight excluding hydrogens is 392 g/mol. The van der Waals surface area contributed by atoms with Crippen molar-refractivity contribution in [2.45, 2.75) is 36.0 Å². The summed E-state index contributed by atoms with van der Waals surface area (Å²) in [6, 6.07) is 6.55. The van der Waals surface area contributed by atoms with Crippen molar-refractivity contribution in [2.24, 2.45) is 0 Å². The maximum absolute atomic E-state index is 14.1. The summed E-state index contributed by atoms with van der Waals surface area (Å²) < 4.78 is 29.7. The number of nitrogen functional groups attached to an aromatic ring is 1. The number of benzene rings is 1. The van der Waals surface area contributed by atoms with E-state index in [-0.39, 0.29) is 5.25 Å². The molecule has 3 heterocycles. The first-order valence-corrected chi connectivity index (χ1v) is 10.5. The van der Waals surface area contributed by atoms with E-state index in [1.54, 1.807) is 12.3 Å². The Kier molecular flexibility index (Phi) is 5.82. The molecule has 8 heteroatoms. The standard InChI is InChI=1S/C21H23F2N5S/c1-13(17-3-2-4-18(22)20(17)23)29-19-9-14(10-26-21(19)24)15-11-27-28(12-15)16-5-7-25-8-6-16/h2-4,9-13,16,25H,5-8H2,1H3,(H2,24,26). The van der Waals surface area contributed by atoms with Gasteiger partial charge in [0.2, 0.25) is 0 Å². The Morgan fingerprint density at radius 2 is 2.00 bits per heavy atom. The Morgan fingerprint density at radius 1 is 1.21 bits per heavy atom. The van der Waals surface area contributed by atoms with Crippen LogP contribution in [0.1, 0.15) is 36.6 Å². The van der Waals surface area contributed by atoms with Crippen LogP contribution in [0.4, 0.5) is 14.6 Å². The molecule has 1 saturated heterocycles.